The van der Waals surface area contributed by atoms with Gasteiger partial charge in [-0.05, 0) is 36.5 Å². The Morgan fingerprint density at radius 3 is 2.46 bits per heavy atom. The smallest absolute Gasteiger partial charge is 0.300 e. The maximum Gasteiger partial charge on any atom is 0.300 e. The summed E-state index contributed by atoms with van der Waals surface area (Å²) in [6.07, 6.45) is 2.73. The number of hydrazine groups is 1. The van der Waals surface area contributed by atoms with Crippen molar-refractivity contribution in [3.8, 4) is 0 Å². The molecule has 2 aromatic heterocycles. The zero-order valence-electron chi connectivity index (χ0n) is 22.2. The van der Waals surface area contributed by atoms with E-state index in [4.69, 9.17) is 21.5 Å². The van der Waals surface area contributed by atoms with Crippen LogP contribution in [0, 0.1) is 0 Å². The number of carboxylic acid groups (broad SMARTS) is 1. The molecule has 1 aliphatic heterocycles. The summed E-state index contributed by atoms with van der Waals surface area (Å²) >= 11 is 0. The quantitative estimate of drug-likeness (QED) is 0.374. The minimum atomic E-state index is -2.70. The van der Waals surface area contributed by atoms with Crippen LogP contribution in [0.2, 0.25) is 0 Å². The van der Waals surface area contributed by atoms with Gasteiger partial charge in [0.15, 0.2) is 0 Å². The molecule has 2 aromatic rings. The number of aromatic nitrogens is 2. The monoisotopic (exact) mass is 520 g/mol. The first-order valence-corrected chi connectivity index (χ1v) is 12.3. The maximum atomic E-state index is 14.0. The number of aryl methyl sites for hydroxylation is 1. The van der Waals surface area contributed by atoms with Gasteiger partial charge in [-0.1, -0.05) is 26.8 Å². The minimum absolute atomic E-state index is 0.0876. The number of carbonyl (C=O) groups is 1. The molecule has 0 amide bonds. The number of rotatable bonds is 7. The van der Waals surface area contributed by atoms with Crippen molar-refractivity contribution < 1.29 is 18.7 Å². The Kier molecular flexibility index (Phi) is 10.2. The van der Waals surface area contributed by atoms with Crippen LogP contribution >= 0.6 is 0 Å². The Hall–Kier alpha value is -3.47. The first-order chi connectivity index (χ1) is 17.3. The third-order valence-corrected chi connectivity index (χ3v) is 6.02. The summed E-state index contributed by atoms with van der Waals surface area (Å²) in [6, 6.07) is 6.89. The number of nitrogens with zero attached hydrogens (tertiary/aromatic N) is 4. The molecular formula is C26H38F2N6O3. The summed E-state index contributed by atoms with van der Waals surface area (Å²) in [5, 5.41) is 8.80. The highest BCUT2D eigenvalue weighted by Crippen LogP contribution is 2.32. The van der Waals surface area contributed by atoms with Crippen molar-refractivity contribution in [2.75, 3.05) is 25.0 Å². The molecule has 1 saturated heterocycles. The molecule has 3 heterocycles. The van der Waals surface area contributed by atoms with Crippen LogP contribution in [0.4, 0.5) is 14.5 Å². The van der Waals surface area contributed by atoms with Crippen LogP contribution in [0.3, 0.4) is 0 Å². The Morgan fingerprint density at radius 1 is 1.27 bits per heavy atom. The Labute approximate surface area is 216 Å². The van der Waals surface area contributed by atoms with Gasteiger partial charge < -0.3 is 25.3 Å². The SMILES string of the molecule is CC(=O)O.CCc1nc(/C(N)=C(\Cn2cc(C(C)C)ccc2=O)N(C)N)ccc1N1CCCC(F)(F)C1. The predicted molar refractivity (Wildman–Crippen MR) is 141 cm³/mol. The van der Waals surface area contributed by atoms with Gasteiger partial charge in [-0.2, -0.15) is 0 Å². The number of allylic oxidation sites excluding steroid dienone is 1. The first-order valence-electron chi connectivity index (χ1n) is 12.3. The maximum absolute atomic E-state index is 14.0. The van der Waals surface area contributed by atoms with Gasteiger partial charge >= 0.3 is 0 Å². The van der Waals surface area contributed by atoms with Crippen molar-refractivity contribution in [2.45, 2.75) is 65.3 Å². The van der Waals surface area contributed by atoms with Gasteiger partial charge in [0, 0.05) is 39.2 Å². The molecule has 0 saturated carbocycles. The zero-order chi connectivity index (χ0) is 27.9. The number of hydrogen-bond donors (Lipinski definition) is 3. The van der Waals surface area contributed by atoms with E-state index in [9.17, 15) is 13.6 Å². The number of anilines is 1. The molecule has 0 aromatic carbocycles. The fourth-order valence-corrected chi connectivity index (χ4v) is 4.07. The highest BCUT2D eigenvalue weighted by molar-refractivity contribution is 5.65. The topological polar surface area (TPSA) is 131 Å². The van der Waals surface area contributed by atoms with Gasteiger partial charge in [-0.3, -0.25) is 9.59 Å². The number of aliphatic carboxylic acids is 1. The van der Waals surface area contributed by atoms with Crippen LogP contribution in [-0.2, 0) is 17.8 Å². The van der Waals surface area contributed by atoms with Gasteiger partial charge in [0.25, 0.3) is 17.5 Å². The number of likely N-dealkylation sites (N-methyl/N-ethyl adjacent to an activating group) is 1. The second kappa shape index (κ2) is 12.7. The van der Waals surface area contributed by atoms with E-state index in [2.05, 4.69) is 18.8 Å². The number of alkyl halides is 2. The summed E-state index contributed by atoms with van der Waals surface area (Å²) < 4.78 is 29.5. The van der Waals surface area contributed by atoms with Gasteiger partial charge in [-0.15, -0.1) is 0 Å². The average Bonchev–Trinajstić information content (AvgIpc) is 2.81. The van der Waals surface area contributed by atoms with E-state index in [1.54, 1.807) is 28.6 Å². The molecule has 5 N–H and O–H groups in total. The Balaban J connectivity index is 0.00000112. The van der Waals surface area contributed by atoms with Crippen molar-refractivity contribution in [3.05, 3.63) is 63.5 Å². The molecule has 9 nitrogen and oxygen atoms in total. The van der Waals surface area contributed by atoms with Crippen LogP contribution in [0.1, 0.15) is 63.4 Å². The van der Waals surface area contributed by atoms with Crippen molar-refractivity contribution >= 4 is 17.4 Å². The normalized spacial score (nSPS) is 15.5. The number of hydrogen-bond acceptors (Lipinski definition) is 7. The molecule has 204 valence electrons. The summed E-state index contributed by atoms with van der Waals surface area (Å²) in [5.41, 5.74) is 10.1. The van der Waals surface area contributed by atoms with E-state index in [1.165, 1.54) is 11.1 Å². The van der Waals surface area contributed by atoms with Crippen LogP contribution in [0.15, 0.2) is 41.0 Å². The second-order valence-electron chi connectivity index (χ2n) is 9.47. The van der Waals surface area contributed by atoms with Crippen molar-refractivity contribution in [1.29, 1.82) is 0 Å². The van der Waals surface area contributed by atoms with Crippen molar-refractivity contribution in [3.63, 3.8) is 0 Å². The van der Waals surface area contributed by atoms with Crippen LogP contribution in [-0.4, -0.2) is 51.7 Å². The third-order valence-electron chi connectivity index (χ3n) is 6.02. The highest BCUT2D eigenvalue weighted by atomic mass is 19.3. The number of pyridine rings is 2. The molecule has 0 bridgehead atoms. The van der Waals surface area contributed by atoms with Crippen molar-refractivity contribution in [1.82, 2.24) is 14.6 Å². The first kappa shape index (κ1) is 29.8. The van der Waals surface area contributed by atoms with Gasteiger partial charge in [0.1, 0.15) is 0 Å². The van der Waals surface area contributed by atoms with Gasteiger partial charge in [-0.25, -0.2) is 19.6 Å². The molecule has 0 aliphatic carbocycles. The fourth-order valence-electron chi connectivity index (χ4n) is 4.07. The largest absolute Gasteiger partial charge is 0.481 e. The van der Waals surface area contributed by atoms with E-state index in [1.807, 2.05) is 19.2 Å². The van der Waals surface area contributed by atoms with Gasteiger partial charge in [0.2, 0.25) is 0 Å². The second-order valence-corrected chi connectivity index (χ2v) is 9.47. The highest BCUT2D eigenvalue weighted by Gasteiger charge is 2.36. The molecule has 0 radical (unpaired) electrons. The number of carboxylic acids is 1. The van der Waals surface area contributed by atoms with Crippen LogP contribution in [0.25, 0.3) is 5.70 Å². The lowest BCUT2D eigenvalue weighted by Gasteiger charge is -2.35. The lowest BCUT2D eigenvalue weighted by atomic mass is 10.0. The van der Waals surface area contributed by atoms with Gasteiger partial charge in [0.05, 0.1) is 41.6 Å². The molecule has 1 aliphatic rings. The number of piperidine rings is 1. The molecule has 3 rings (SSSR count). The Bertz CT molecular complexity index is 1170. The number of halogens is 2. The van der Waals surface area contributed by atoms with E-state index in [0.717, 1.165) is 12.5 Å². The Morgan fingerprint density at radius 2 is 1.92 bits per heavy atom. The van der Waals surface area contributed by atoms with E-state index in [0.29, 0.717) is 47.9 Å². The summed E-state index contributed by atoms with van der Waals surface area (Å²) in [5.74, 6) is 2.81. The predicted octanol–water partition coefficient (Wildman–Crippen LogP) is 3.39. The fraction of sp³-hybridized carbons (Fsp3) is 0.500. The van der Waals surface area contributed by atoms with Crippen molar-refractivity contribution in [2.24, 2.45) is 11.6 Å². The van der Waals surface area contributed by atoms with E-state index < -0.39 is 11.9 Å². The molecular weight excluding hydrogens is 482 g/mol. The third kappa shape index (κ3) is 8.28. The average molecular weight is 521 g/mol. The molecule has 0 unspecified atom stereocenters. The molecule has 11 heteroatoms. The lowest BCUT2D eigenvalue weighted by Crippen LogP contribution is -2.43. The standard InChI is InChI=1S/C24H34F2N6O.C2H4O2/c1-5-18-20(31-12-6-11-24(25,26)15-31)9-8-19(29-18)23(27)21(30(4)28)14-32-13-17(16(2)3)7-10-22(32)33;1-2(3)4/h7-10,13,16H,5-6,11-12,14-15,27-28H2,1-4H3;1H3,(H,3,4)/b23-21-;. The summed E-state index contributed by atoms with van der Waals surface area (Å²) in [7, 11) is 1.66. The van der Waals surface area contributed by atoms with E-state index in [-0.39, 0.29) is 31.0 Å². The number of nitrogens with two attached hydrogens (primary N) is 2. The molecule has 37 heavy (non-hydrogen) atoms. The zero-order valence-corrected chi connectivity index (χ0v) is 22.2. The molecule has 0 spiro atoms. The molecule has 1 fully saturated rings. The van der Waals surface area contributed by atoms with E-state index >= 15 is 0 Å². The lowest BCUT2D eigenvalue weighted by molar-refractivity contribution is -0.134. The summed E-state index contributed by atoms with van der Waals surface area (Å²) in [6.45, 7) is 7.58. The molecule has 0 atom stereocenters. The summed E-state index contributed by atoms with van der Waals surface area (Å²) in [4.78, 5) is 27.8. The van der Waals surface area contributed by atoms with Crippen LogP contribution < -0.4 is 22.0 Å². The van der Waals surface area contributed by atoms with Crippen LogP contribution in [0.5, 0.6) is 0 Å². The minimum Gasteiger partial charge on any atom is -0.481 e.